The molecule has 0 amide bonds. The van der Waals surface area contributed by atoms with Gasteiger partial charge < -0.3 is 5.73 Å². The van der Waals surface area contributed by atoms with Crippen molar-refractivity contribution in [1.82, 2.24) is 4.90 Å². The predicted octanol–water partition coefficient (Wildman–Crippen LogP) is -0.146. The molecule has 0 bridgehead atoms. The van der Waals surface area contributed by atoms with Crippen LogP contribution in [0.15, 0.2) is 0 Å². The van der Waals surface area contributed by atoms with E-state index in [0.29, 0.717) is 6.67 Å². The summed E-state index contributed by atoms with van der Waals surface area (Å²) >= 11 is 0. The van der Waals surface area contributed by atoms with Crippen LogP contribution in [0.25, 0.3) is 0 Å². The monoisotopic (exact) mass is 88.1 g/mol. The lowest BCUT2D eigenvalue weighted by Gasteiger charge is -2.07. The Morgan fingerprint density at radius 3 is 2.17 bits per heavy atom. The Morgan fingerprint density at radius 2 is 2.17 bits per heavy atom. The lowest BCUT2D eigenvalue weighted by atomic mass is 10.7. The van der Waals surface area contributed by atoms with E-state index < -0.39 is 0 Å². The number of nitrogens with zero attached hydrogens (tertiary/aromatic N) is 1. The quantitative estimate of drug-likeness (QED) is 0.476. The van der Waals surface area contributed by atoms with Crippen molar-refractivity contribution in [2.75, 3.05) is 20.3 Å². The molecule has 0 radical (unpaired) electrons. The van der Waals surface area contributed by atoms with Gasteiger partial charge in [-0.15, -0.1) is 0 Å². The Hall–Kier alpha value is -0.0800. The molecule has 2 nitrogen and oxygen atoms in total. The fourth-order valence-corrected chi connectivity index (χ4v) is 0.129. The van der Waals surface area contributed by atoms with Crippen molar-refractivity contribution in [2.45, 2.75) is 6.92 Å². The van der Waals surface area contributed by atoms with Crippen molar-refractivity contribution in [2.24, 2.45) is 5.73 Å². The van der Waals surface area contributed by atoms with Crippen LogP contribution in [0.4, 0.5) is 0 Å². The van der Waals surface area contributed by atoms with E-state index in [0.717, 1.165) is 6.54 Å². The van der Waals surface area contributed by atoms with Gasteiger partial charge in [-0.25, -0.2) is 0 Å². The molecule has 38 valence electrons. The van der Waals surface area contributed by atoms with Crippen molar-refractivity contribution in [1.29, 1.82) is 0 Å². The molecule has 0 unspecified atom stereocenters. The molecule has 2 N–H and O–H groups in total. The van der Waals surface area contributed by atoms with Crippen LogP contribution in [0.3, 0.4) is 0 Å². The van der Waals surface area contributed by atoms with E-state index in [4.69, 9.17) is 5.73 Å². The second-order valence-corrected chi connectivity index (χ2v) is 1.35. The minimum atomic E-state index is 0.663. The van der Waals surface area contributed by atoms with Crippen molar-refractivity contribution in [3.63, 3.8) is 0 Å². The summed E-state index contributed by atoms with van der Waals surface area (Å²) in [6.07, 6.45) is 0. The summed E-state index contributed by atoms with van der Waals surface area (Å²) in [7, 11) is 1.99. The molecule has 0 aliphatic rings. The minimum Gasteiger partial charge on any atom is -0.318 e. The smallest absolute Gasteiger partial charge is 0.0452 e. The van der Waals surface area contributed by atoms with Gasteiger partial charge in [-0.1, -0.05) is 6.92 Å². The maximum Gasteiger partial charge on any atom is 0.0452 e. The molecule has 0 spiro atoms. The summed E-state index contributed by atoms with van der Waals surface area (Å²) in [4.78, 5) is 2.03. The third-order valence-electron chi connectivity index (χ3n) is 0.852. The Kier molecular flexibility index (Phi) is 3.08. The fourth-order valence-electron chi connectivity index (χ4n) is 0.129. The molecular formula is C4H12N2. The van der Waals surface area contributed by atoms with Crippen LogP contribution in [0.2, 0.25) is 0 Å². The molecular weight excluding hydrogens is 76.1 g/mol. The van der Waals surface area contributed by atoms with Gasteiger partial charge in [0.2, 0.25) is 0 Å². The largest absolute Gasteiger partial charge is 0.318 e. The Bertz CT molecular complexity index is 24.7. The van der Waals surface area contributed by atoms with Crippen LogP contribution in [0.5, 0.6) is 0 Å². The van der Waals surface area contributed by atoms with E-state index in [9.17, 15) is 0 Å². The van der Waals surface area contributed by atoms with Crippen molar-refractivity contribution in [3.8, 4) is 0 Å². The van der Waals surface area contributed by atoms with Gasteiger partial charge in [0.15, 0.2) is 0 Å². The molecule has 0 atom stereocenters. The van der Waals surface area contributed by atoms with Crippen LogP contribution in [0, 0.1) is 0 Å². The van der Waals surface area contributed by atoms with E-state index >= 15 is 0 Å². The second kappa shape index (κ2) is 3.12. The van der Waals surface area contributed by atoms with E-state index in [1.807, 2.05) is 11.9 Å². The molecule has 6 heavy (non-hydrogen) atoms. The standard InChI is InChI=1S/C4H12N2/c1-3-6(2)4-5/h3-5H2,1-2H3. The van der Waals surface area contributed by atoms with Crippen molar-refractivity contribution < 1.29 is 0 Å². The molecule has 0 rings (SSSR count). The number of hydrogen-bond donors (Lipinski definition) is 1. The predicted molar refractivity (Wildman–Crippen MR) is 27.4 cm³/mol. The Morgan fingerprint density at radius 1 is 1.67 bits per heavy atom. The molecule has 2 heteroatoms. The van der Waals surface area contributed by atoms with Gasteiger partial charge >= 0.3 is 0 Å². The summed E-state index contributed by atoms with van der Waals surface area (Å²) in [6, 6.07) is 0. The molecule has 0 fully saturated rings. The van der Waals surface area contributed by atoms with Crippen LogP contribution < -0.4 is 5.73 Å². The molecule has 0 heterocycles. The summed E-state index contributed by atoms with van der Waals surface area (Å²) in [6.45, 7) is 3.78. The van der Waals surface area contributed by atoms with Crippen LogP contribution in [-0.4, -0.2) is 25.2 Å². The van der Waals surface area contributed by atoms with Crippen LogP contribution in [0.1, 0.15) is 6.92 Å². The van der Waals surface area contributed by atoms with Gasteiger partial charge in [0, 0.05) is 6.67 Å². The zero-order chi connectivity index (χ0) is 4.99. The molecule has 0 saturated carbocycles. The maximum absolute atomic E-state index is 5.21. The highest BCUT2D eigenvalue weighted by Gasteiger charge is 1.81. The number of rotatable bonds is 2. The highest BCUT2D eigenvalue weighted by atomic mass is 15.1. The average Bonchev–Trinajstić information content (AvgIpc) is 1.65. The molecule has 0 saturated heterocycles. The number of nitrogens with two attached hydrogens (primary N) is 1. The molecule has 0 aromatic heterocycles. The highest BCUT2D eigenvalue weighted by molar-refractivity contribution is 4.34. The Balaban J connectivity index is 2.75. The maximum atomic E-state index is 5.21. The van der Waals surface area contributed by atoms with E-state index in [2.05, 4.69) is 6.92 Å². The van der Waals surface area contributed by atoms with Gasteiger partial charge in [-0.2, -0.15) is 0 Å². The third-order valence-corrected chi connectivity index (χ3v) is 0.852. The van der Waals surface area contributed by atoms with Crippen LogP contribution >= 0.6 is 0 Å². The molecule has 0 aliphatic heterocycles. The third kappa shape index (κ3) is 2.18. The van der Waals surface area contributed by atoms with E-state index in [1.54, 1.807) is 0 Å². The van der Waals surface area contributed by atoms with Crippen molar-refractivity contribution >= 4 is 0 Å². The van der Waals surface area contributed by atoms with E-state index in [-0.39, 0.29) is 0 Å². The van der Waals surface area contributed by atoms with Gasteiger partial charge in [0.25, 0.3) is 0 Å². The summed E-state index contributed by atoms with van der Waals surface area (Å²) in [5.41, 5.74) is 5.21. The minimum absolute atomic E-state index is 0.663. The lowest BCUT2D eigenvalue weighted by Crippen LogP contribution is -2.24. The van der Waals surface area contributed by atoms with E-state index in [1.165, 1.54) is 0 Å². The summed E-state index contributed by atoms with van der Waals surface area (Å²) in [5.74, 6) is 0. The zero-order valence-corrected chi connectivity index (χ0v) is 4.44. The average molecular weight is 88.2 g/mol. The topological polar surface area (TPSA) is 29.3 Å². The summed E-state index contributed by atoms with van der Waals surface area (Å²) < 4.78 is 0. The molecule has 0 aromatic carbocycles. The van der Waals surface area contributed by atoms with Gasteiger partial charge in [-0.05, 0) is 13.6 Å². The SMILES string of the molecule is CCN(C)CN. The first kappa shape index (κ1) is 5.92. The first-order valence-corrected chi connectivity index (χ1v) is 2.20. The first-order chi connectivity index (χ1) is 2.81. The Labute approximate surface area is 38.9 Å². The molecule has 0 aliphatic carbocycles. The normalized spacial score (nSPS) is 10.0. The molecule has 0 aromatic rings. The summed E-state index contributed by atoms with van der Waals surface area (Å²) in [5, 5.41) is 0. The second-order valence-electron chi connectivity index (χ2n) is 1.35. The highest BCUT2D eigenvalue weighted by Crippen LogP contribution is 1.68. The van der Waals surface area contributed by atoms with Crippen LogP contribution in [-0.2, 0) is 0 Å². The zero-order valence-electron chi connectivity index (χ0n) is 4.44. The number of hydrogen-bond acceptors (Lipinski definition) is 2. The van der Waals surface area contributed by atoms with Gasteiger partial charge in [0.05, 0.1) is 0 Å². The first-order valence-electron chi connectivity index (χ1n) is 2.20. The van der Waals surface area contributed by atoms with Crippen molar-refractivity contribution in [3.05, 3.63) is 0 Å². The lowest BCUT2D eigenvalue weighted by molar-refractivity contribution is 0.364. The van der Waals surface area contributed by atoms with Gasteiger partial charge in [-0.3, -0.25) is 4.90 Å². The van der Waals surface area contributed by atoms with Gasteiger partial charge in [0.1, 0.15) is 0 Å². The fraction of sp³-hybridized carbons (Fsp3) is 1.00.